The fraction of sp³-hybridized carbons (Fsp3) is 0.500. The number of halogens is 1. The molecule has 0 bridgehead atoms. The third-order valence-electron chi connectivity index (χ3n) is 2.86. The minimum atomic E-state index is -1.13. The van der Waals surface area contributed by atoms with Crippen LogP contribution in [-0.4, -0.2) is 36.2 Å². The quantitative estimate of drug-likeness (QED) is 0.857. The van der Waals surface area contributed by atoms with E-state index in [0.29, 0.717) is 13.2 Å². The predicted octanol–water partition coefficient (Wildman–Crippen LogP) is 1.61. The lowest BCUT2D eigenvalue weighted by atomic mass is 10.0. The first-order chi connectivity index (χ1) is 7.24. The zero-order valence-electron chi connectivity index (χ0n) is 9.43. The van der Waals surface area contributed by atoms with Crippen molar-refractivity contribution < 1.29 is 9.84 Å². The van der Waals surface area contributed by atoms with E-state index in [-0.39, 0.29) is 12.4 Å². The Morgan fingerprint density at radius 3 is 2.69 bits per heavy atom. The maximum Gasteiger partial charge on any atom is 0.205 e. The molecule has 4 heteroatoms. The van der Waals surface area contributed by atoms with Crippen LogP contribution in [0.5, 0.6) is 0 Å². The summed E-state index contributed by atoms with van der Waals surface area (Å²) in [5.74, 6) is -1.13. The molecule has 1 aromatic rings. The number of hydrogen-bond acceptors (Lipinski definition) is 3. The van der Waals surface area contributed by atoms with E-state index in [2.05, 4.69) is 11.8 Å². The van der Waals surface area contributed by atoms with Crippen LogP contribution < -0.4 is 0 Å². The van der Waals surface area contributed by atoms with Crippen molar-refractivity contribution >= 4 is 12.4 Å². The van der Waals surface area contributed by atoms with Crippen molar-refractivity contribution in [3.05, 3.63) is 35.9 Å². The highest BCUT2D eigenvalue weighted by Gasteiger charge is 2.35. The van der Waals surface area contributed by atoms with Crippen molar-refractivity contribution in [1.29, 1.82) is 0 Å². The minimum Gasteiger partial charge on any atom is -0.361 e. The molecule has 0 saturated carbocycles. The molecule has 1 N–H and O–H groups in total. The van der Waals surface area contributed by atoms with E-state index in [1.54, 1.807) is 0 Å². The molecular weight excluding hydrogens is 226 g/mol. The third-order valence-corrected chi connectivity index (χ3v) is 2.86. The van der Waals surface area contributed by atoms with Crippen LogP contribution >= 0.6 is 12.4 Å². The molecule has 2 rings (SSSR count). The fourth-order valence-corrected chi connectivity index (χ4v) is 1.91. The first-order valence-electron chi connectivity index (χ1n) is 5.39. The van der Waals surface area contributed by atoms with E-state index in [1.165, 1.54) is 0 Å². The average Bonchev–Trinajstić information content (AvgIpc) is 2.30. The predicted molar refractivity (Wildman–Crippen MR) is 65.7 cm³/mol. The van der Waals surface area contributed by atoms with Crippen LogP contribution in [0.15, 0.2) is 30.3 Å². The van der Waals surface area contributed by atoms with Gasteiger partial charge in [0.2, 0.25) is 5.79 Å². The monoisotopic (exact) mass is 243 g/mol. The van der Waals surface area contributed by atoms with Gasteiger partial charge in [0.1, 0.15) is 0 Å². The second-order valence-electron chi connectivity index (χ2n) is 3.87. The van der Waals surface area contributed by atoms with Gasteiger partial charge in [-0.1, -0.05) is 37.3 Å². The Morgan fingerprint density at radius 2 is 2.06 bits per heavy atom. The Balaban J connectivity index is 0.00000128. The lowest BCUT2D eigenvalue weighted by Crippen LogP contribution is -2.49. The largest absolute Gasteiger partial charge is 0.361 e. The summed E-state index contributed by atoms with van der Waals surface area (Å²) in [4.78, 5) is 2.19. The highest BCUT2D eigenvalue weighted by molar-refractivity contribution is 5.85. The summed E-state index contributed by atoms with van der Waals surface area (Å²) in [6.45, 7) is 5.06. The van der Waals surface area contributed by atoms with Crippen molar-refractivity contribution in [1.82, 2.24) is 4.90 Å². The Kier molecular flexibility index (Phi) is 4.74. The number of hydrogen-bond donors (Lipinski definition) is 1. The van der Waals surface area contributed by atoms with Gasteiger partial charge in [0.15, 0.2) is 0 Å². The zero-order valence-corrected chi connectivity index (χ0v) is 10.2. The molecule has 1 aromatic carbocycles. The molecule has 1 atom stereocenters. The van der Waals surface area contributed by atoms with Crippen LogP contribution in [0.4, 0.5) is 0 Å². The van der Waals surface area contributed by atoms with Crippen molar-refractivity contribution in [2.45, 2.75) is 12.7 Å². The fourth-order valence-electron chi connectivity index (χ4n) is 1.91. The lowest BCUT2D eigenvalue weighted by Gasteiger charge is -2.38. The Hall–Kier alpha value is -0.610. The molecule has 0 aromatic heterocycles. The molecule has 1 unspecified atom stereocenters. The molecule has 0 spiro atoms. The number of ether oxygens (including phenoxy) is 1. The topological polar surface area (TPSA) is 32.7 Å². The van der Waals surface area contributed by atoms with E-state index in [4.69, 9.17) is 4.74 Å². The van der Waals surface area contributed by atoms with Gasteiger partial charge in [0.05, 0.1) is 13.2 Å². The average molecular weight is 244 g/mol. The van der Waals surface area contributed by atoms with Gasteiger partial charge < -0.3 is 9.84 Å². The molecular formula is C12H18ClNO2. The highest BCUT2D eigenvalue weighted by Crippen LogP contribution is 2.26. The molecule has 90 valence electrons. The van der Waals surface area contributed by atoms with Crippen molar-refractivity contribution in [2.75, 3.05) is 26.2 Å². The van der Waals surface area contributed by atoms with Gasteiger partial charge in [-0.2, -0.15) is 0 Å². The zero-order chi connectivity index (χ0) is 10.7. The molecule has 1 heterocycles. The summed E-state index contributed by atoms with van der Waals surface area (Å²) in [6, 6.07) is 9.58. The van der Waals surface area contributed by atoms with Gasteiger partial charge in [-0.3, -0.25) is 4.90 Å². The number of β-amino-alcohol motifs (C(OH)–C–C–N with tert-alkyl or cyclic N) is 1. The number of aliphatic hydroxyl groups is 1. The molecule has 0 amide bonds. The van der Waals surface area contributed by atoms with E-state index >= 15 is 0 Å². The Labute approximate surface area is 102 Å². The number of morpholine rings is 1. The molecule has 16 heavy (non-hydrogen) atoms. The Bertz CT molecular complexity index is 320. The molecule has 1 fully saturated rings. The maximum absolute atomic E-state index is 10.4. The molecule has 1 aliphatic rings. The molecule has 0 radical (unpaired) electrons. The summed E-state index contributed by atoms with van der Waals surface area (Å²) in [5, 5.41) is 10.4. The van der Waals surface area contributed by atoms with Crippen LogP contribution in [0.3, 0.4) is 0 Å². The smallest absolute Gasteiger partial charge is 0.205 e. The van der Waals surface area contributed by atoms with E-state index in [9.17, 15) is 5.11 Å². The van der Waals surface area contributed by atoms with Gasteiger partial charge in [-0.15, -0.1) is 12.4 Å². The SMILES string of the molecule is CCN1CCOC(O)(c2ccccc2)C1.Cl. The van der Waals surface area contributed by atoms with Crippen molar-refractivity contribution in [3.63, 3.8) is 0 Å². The summed E-state index contributed by atoms with van der Waals surface area (Å²) < 4.78 is 5.50. The van der Waals surface area contributed by atoms with Gasteiger partial charge in [0, 0.05) is 12.1 Å². The summed E-state index contributed by atoms with van der Waals surface area (Å²) >= 11 is 0. The number of benzene rings is 1. The van der Waals surface area contributed by atoms with Gasteiger partial charge >= 0.3 is 0 Å². The summed E-state index contributed by atoms with van der Waals surface area (Å²) in [6.07, 6.45) is 0. The highest BCUT2D eigenvalue weighted by atomic mass is 35.5. The number of likely N-dealkylation sites (N-methyl/N-ethyl adjacent to an activating group) is 1. The number of nitrogens with zero attached hydrogens (tertiary/aromatic N) is 1. The van der Waals surface area contributed by atoms with Crippen LogP contribution in [0.1, 0.15) is 12.5 Å². The van der Waals surface area contributed by atoms with Crippen molar-refractivity contribution in [2.24, 2.45) is 0 Å². The van der Waals surface area contributed by atoms with Crippen LogP contribution in [0.2, 0.25) is 0 Å². The van der Waals surface area contributed by atoms with Gasteiger partial charge in [-0.05, 0) is 6.54 Å². The standard InChI is InChI=1S/C12H17NO2.ClH/c1-2-13-8-9-15-12(14,10-13)11-6-4-3-5-7-11;/h3-7,14H,2,8-10H2,1H3;1H. The maximum atomic E-state index is 10.4. The van der Waals surface area contributed by atoms with E-state index in [1.807, 2.05) is 30.3 Å². The van der Waals surface area contributed by atoms with Gasteiger partial charge in [-0.25, -0.2) is 0 Å². The molecule has 1 saturated heterocycles. The summed E-state index contributed by atoms with van der Waals surface area (Å²) in [5.41, 5.74) is 0.836. The van der Waals surface area contributed by atoms with E-state index < -0.39 is 5.79 Å². The van der Waals surface area contributed by atoms with E-state index in [0.717, 1.165) is 18.7 Å². The Morgan fingerprint density at radius 1 is 1.38 bits per heavy atom. The molecule has 1 aliphatic heterocycles. The first-order valence-corrected chi connectivity index (χ1v) is 5.39. The van der Waals surface area contributed by atoms with Crippen LogP contribution in [0, 0.1) is 0 Å². The molecule has 3 nitrogen and oxygen atoms in total. The molecule has 0 aliphatic carbocycles. The van der Waals surface area contributed by atoms with Crippen molar-refractivity contribution in [3.8, 4) is 0 Å². The third kappa shape index (κ3) is 2.74. The minimum absolute atomic E-state index is 0. The van der Waals surface area contributed by atoms with Gasteiger partial charge in [0.25, 0.3) is 0 Å². The van der Waals surface area contributed by atoms with Crippen LogP contribution in [0.25, 0.3) is 0 Å². The van der Waals surface area contributed by atoms with Crippen LogP contribution in [-0.2, 0) is 10.5 Å². The number of rotatable bonds is 2. The second kappa shape index (κ2) is 5.64. The lowest BCUT2D eigenvalue weighted by molar-refractivity contribution is -0.247. The first kappa shape index (κ1) is 13.5. The normalized spacial score (nSPS) is 26.1. The summed E-state index contributed by atoms with van der Waals surface area (Å²) in [7, 11) is 0. The second-order valence-corrected chi connectivity index (χ2v) is 3.87.